The fraction of sp³-hybridized carbons (Fsp3) is 0.240. The van der Waals surface area contributed by atoms with Gasteiger partial charge in [-0.15, -0.1) is 0 Å². The Labute approximate surface area is 211 Å². The summed E-state index contributed by atoms with van der Waals surface area (Å²) in [6.07, 6.45) is -8.43. The van der Waals surface area contributed by atoms with E-state index in [4.69, 9.17) is 0 Å². The van der Waals surface area contributed by atoms with Crippen molar-refractivity contribution in [3.8, 4) is 0 Å². The largest absolute Gasteiger partial charge is 0.417 e. The van der Waals surface area contributed by atoms with Gasteiger partial charge in [0, 0.05) is 24.7 Å². The first-order chi connectivity index (χ1) is 17.9. The van der Waals surface area contributed by atoms with E-state index in [9.17, 15) is 36.2 Å². The highest BCUT2D eigenvalue weighted by Crippen LogP contribution is 2.40. The molecule has 0 spiro atoms. The second kappa shape index (κ2) is 9.31. The monoisotopic (exact) mass is 535 g/mol. The van der Waals surface area contributed by atoms with Gasteiger partial charge in [-0.1, -0.05) is 30.3 Å². The fourth-order valence-electron chi connectivity index (χ4n) is 4.31. The van der Waals surface area contributed by atoms with Gasteiger partial charge in [0.25, 0.3) is 5.91 Å². The maximum atomic E-state index is 14.4. The number of halogens is 6. The van der Waals surface area contributed by atoms with Gasteiger partial charge < -0.3 is 19.9 Å². The number of anilines is 2. The van der Waals surface area contributed by atoms with E-state index in [0.29, 0.717) is 35.7 Å². The molecule has 7 nitrogen and oxygen atoms in total. The van der Waals surface area contributed by atoms with Crippen molar-refractivity contribution in [1.82, 2.24) is 14.5 Å². The third kappa shape index (κ3) is 4.88. The second-order valence-electron chi connectivity index (χ2n) is 8.81. The maximum absolute atomic E-state index is 14.4. The number of carbonyl (C=O) groups is 1. The van der Waals surface area contributed by atoms with Crippen molar-refractivity contribution < 1.29 is 36.2 Å². The Morgan fingerprint density at radius 2 is 1.68 bits per heavy atom. The molecule has 0 radical (unpaired) electrons. The summed E-state index contributed by atoms with van der Waals surface area (Å²) in [5, 5.41) is 11.6. The Morgan fingerprint density at radius 1 is 0.974 bits per heavy atom. The Morgan fingerprint density at radius 3 is 2.26 bits per heavy atom. The molecule has 1 amide bonds. The van der Waals surface area contributed by atoms with Crippen molar-refractivity contribution in [2.24, 2.45) is 0 Å². The predicted molar refractivity (Wildman–Crippen MR) is 126 cm³/mol. The van der Waals surface area contributed by atoms with Crippen LogP contribution in [0.5, 0.6) is 0 Å². The van der Waals surface area contributed by atoms with Crippen LogP contribution in [-0.2, 0) is 6.18 Å². The van der Waals surface area contributed by atoms with Crippen molar-refractivity contribution >= 4 is 28.4 Å². The van der Waals surface area contributed by atoms with Gasteiger partial charge in [0.1, 0.15) is 17.2 Å². The van der Waals surface area contributed by atoms with Crippen molar-refractivity contribution in [3.63, 3.8) is 0 Å². The van der Waals surface area contributed by atoms with Crippen molar-refractivity contribution in [2.75, 3.05) is 23.3 Å². The van der Waals surface area contributed by atoms with Gasteiger partial charge in [-0.05, 0) is 29.8 Å². The van der Waals surface area contributed by atoms with Gasteiger partial charge >= 0.3 is 12.4 Å². The van der Waals surface area contributed by atoms with Crippen LogP contribution < -0.4 is 10.2 Å². The minimum atomic E-state index is -4.92. The number of aliphatic hydroxyl groups is 1. The molecule has 4 heterocycles. The van der Waals surface area contributed by atoms with Crippen molar-refractivity contribution in [2.45, 2.75) is 24.5 Å². The molecule has 4 aromatic rings. The highest BCUT2D eigenvalue weighted by molar-refractivity contribution is 6.06. The normalized spacial score (nSPS) is 15.4. The number of hydrogen-bond donors (Lipinski definition) is 2. The van der Waals surface area contributed by atoms with E-state index in [0.717, 1.165) is 6.07 Å². The van der Waals surface area contributed by atoms with Crippen LogP contribution in [0.2, 0.25) is 0 Å². The third-order valence-corrected chi connectivity index (χ3v) is 6.11. The summed E-state index contributed by atoms with van der Waals surface area (Å²) in [6.45, 7) is 0.786. The first kappa shape index (κ1) is 25.5. The first-order valence-corrected chi connectivity index (χ1v) is 11.3. The van der Waals surface area contributed by atoms with E-state index in [-0.39, 0.29) is 16.6 Å². The van der Waals surface area contributed by atoms with E-state index in [2.05, 4.69) is 15.3 Å². The van der Waals surface area contributed by atoms with Gasteiger partial charge in [-0.3, -0.25) is 4.79 Å². The van der Waals surface area contributed by atoms with Gasteiger partial charge in [-0.2, -0.15) is 26.3 Å². The number of β-amino-alcohol motifs (C(OH)–C–C–N with tert-alkyl or cyclic N) is 1. The number of rotatable bonds is 5. The van der Waals surface area contributed by atoms with E-state index in [1.54, 1.807) is 11.0 Å². The molecule has 3 aromatic heterocycles. The molecule has 198 valence electrons. The van der Waals surface area contributed by atoms with Crippen molar-refractivity contribution in [3.05, 3.63) is 83.8 Å². The lowest BCUT2D eigenvalue weighted by atomic mass is 10.1. The summed E-state index contributed by atoms with van der Waals surface area (Å²) in [6, 6.07) is 8.99. The number of nitrogens with zero attached hydrogens (tertiary/aromatic N) is 4. The number of aliphatic hydroxyl groups excluding tert-OH is 1. The standard InChI is InChI=1S/C25H19F6N5O2/c26-24(27,28)16-8-15-9-19(23(38)34-17-6-7-20(32-11-17)35-12-18(37)13-35)36(22(15)33-10-16)21(25(29,30)31)14-4-2-1-3-5-14/h1-11,18,21,37H,12-13H2,(H,34,38). The van der Waals surface area contributed by atoms with Gasteiger partial charge in [0.05, 0.1) is 23.6 Å². The number of pyridine rings is 2. The number of carbonyl (C=O) groups excluding carboxylic acids is 1. The Bertz CT molecular complexity index is 1460. The molecule has 0 bridgehead atoms. The van der Waals surface area contributed by atoms with E-state index in [1.165, 1.54) is 42.6 Å². The van der Waals surface area contributed by atoms with E-state index >= 15 is 0 Å². The number of fused-ring (bicyclic) bond motifs is 1. The number of aromatic nitrogens is 3. The molecule has 13 heteroatoms. The molecule has 0 saturated carbocycles. The molecule has 5 rings (SSSR count). The van der Waals surface area contributed by atoms with E-state index < -0.39 is 47.3 Å². The second-order valence-corrected chi connectivity index (χ2v) is 8.81. The molecule has 1 fully saturated rings. The Hall–Kier alpha value is -4.13. The highest BCUT2D eigenvalue weighted by Gasteiger charge is 2.45. The smallest absolute Gasteiger partial charge is 0.389 e. The van der Waals surface area contributed by atoms with Crippen molar-refractivity contribution in [1.29, 1.82) is 0 Å². The SMILES string of the molecule is O=C(Nc1ccc(N2CC(O)C2)nc1)c1cc2cc(C(F)(F)F)cnc2n1C(c1ccccc1)C(F)(F)F. The van der Waals surface area contributed by atoms with Gasteiger partial charge in [0.15, 0.2) is 6.04 Å². The highest BCUT2D eigenvalue weighted by atomic mass is 19.4. The first-order valence-electron chi connectivity index (χ1n) is 11.3. The van der Waals surface area contributed by atoms with Gasteiger partial charge in [0.2, 0.25) is 0 Å². The summed E-state index contributed by atoms with van der Waals surface area (Å²) in [7, 11) is 0. The number of amides is 1. The lowest BCUT2D eigenvalue weighted by Crippen LogP contribution is -2.51. The van der Waals surface area contributed by atoms with Crippen LogP contribution in [0.15, 0.2) is 67.0 Å². The van der Waals surface area contributed by atoms with Crippen LogP contribution in [-0.4, -0.2) is 50.9 Å². The number of hydrogen-bond acceptors (Lipinski definition) is 5. The summed E-state index contributed by atoms with van der Waals surface area (Å²) >= 11 is 0. The molecule has 1 saturated heterocycles. The summed E-state index contributed by atoms with van der Waals surface area (Å²) < 4.78 is 83.8. The van der Waals surface area contributed by atoms with Crippen LogP contribution >= 0.6 is 0 Å². The lowest BCUT2D eigenvalue weighted by Gasteiger charge is -2.36. The topological polar surface area (TPSA) is 83.3 Å². The fourth-order valence-corrected chi connectivity index (χ4v) is 4.31. The molecule has 0 aliphatic carbocycles. The average Bonchev–Trinajstić information content (AvgIpc) is 3.20. The molecular formula is C25H19F6N5O2. The minimum absolute atomic E-state index is 0.156. The average molecular weight is 535 g/mol. The summed E-state index contributed by atoms with van der Waals surface area (Å²) in [5.74, 6) is -0.455. The van der Waals surface area contributed by atoms with Crippen LogP contribution in [0, 0.1) is 0 Å². The van der Waals surface area contributed by atoms with Gasteiger partial charge in [-0.25, -0.2) is 9.97 Å². The Balaban J connectivity index is 1.58. The quantitative estimate of drug-likeness (QED) is 0.350. The molecule has 1 aliphatic heterocycles. The molecule has 1 unspecified atom stereocenters. The molecule has 1 atom stereocenters. The number of alkyl halides is 6. The molecule has 1 aromatic carbocycles. The summed E-state index contributed by atoms with van der Waals surface area (Å²) in [4.78, 5) is 22.9. The molecular weight excluding hydrogens is 516 g/mol. The molecule has 38 heavy (non-hydrogen) atoms. The Kier molecular flexibility index (Phi) is 6.25. The minimum Gasteiger partial charge on any atom is -0.389 e. The van der Waals surface area contributed by atoms with Crippen LogP contribution in [0.1, 0.15) is 27.7 Å². The predicted octanol–water partition coefficient (Wildman–Crippen LogP) is 5.04. The lowest BCUT2D eigenvalue weighted by molar-refractivity contribution is -0.156. The zero-order chi connectivity index (χ0) is 27.2. The number of benzene rings is 1. The zero-order valence-corrected chi connectivity index (χ0v) is 19.3. The zero-order valence-electron chi connectivity index (χ0n) is 19.3. The maximum Gasteiger partial charge on any atom is 0.417 e. The molecule has 2 N–H and O–H groups in total. The summed E-state index contributed by atoms with van der Waals surface area (Å²) in [5.41, 5.74) is -2.19. The number of nitrogens with one attached hydrogen (secondary N) is 1. The van der Waals surface area contributed by atoms with E-state index in [1.807, 2.05) is 0 Å². The van der Waals surface area contributed by atoms with Crippen LogP contribution in [0.3, 0.4) is 0 Å². The molecule has 1 aliphatic rings. The third-order valence-electron chi connectivity index (χ3n) is 6.11. The van der Waals surface area contributed by atoms with Crippen LogP contribution in [0.25, 0.3) is 11.0 Å². The van der Waals surface area contributed by atoms with Crippen LogP contribution in [0.4, 0.5) is 37.8 Å².